The number of hydrogen-bond acceptors (Lipinski definition) is 6. The maximum absolute atomic E-state index is 14.4. The fourth-order valence-corrected chi connectivity index (χ4v) is 3.27. The number of rotatable bonds is 4. The van der Waals surface area contributed by atoms with E-state index in [2.05, 4.69) is 32.0 Å². The van der Waals surface area contributed by atoms with Crippen LogP contribution in [-0.4, -0.2) is 48.2 Å². The Balaban J connectivity index is 1.95. The molecule has 0 atom stereocenters. The van der Waals surface area contributed by atoms with Crippen molar-refractivity contribution in [2.75, 3.05) is 11.4 Å². The number of anilines is 2. The SMILES string of the molecule is Cc1nnc2nc(N(CC(F)F)c3cc(F)cc(C#CC(C)(C)O)c3)c3ncccc3n12. The zero-order valence-electron chi connectivity index (χ0n) is 17.5. The summed E-state index contributed by atoms with van der Waals surface area (Å²) >= 11 is 0. The molecule has 1 aromatic carbocycles. The third-order valence-electron chi connectivity index (χ3n) is 4.54. The molecule has 10 heteroatoms. The van der Waals surface area contributed by atoms with Crippen LogP contribution in [0.5, 0.6) is 0 Å². The number of hydrogen-bond donors (Lipinski definition) is 1. The van der Waals surface area contributed by atoms with Crippen molar-refractivity contribution in [3.63, 3.8) is 0 Å². The highest BCUT2D eigenvalue weighted by molar-refractivity contribution is 5.90. The van der Waals surface area contributed by atoms with Crippen molar-refractivity contribution in [1.82, 2.24) is 24.6 Å². The Kier molecular flexibility index (Phi) is 5.44. The van der Waals surface area contributed by atoms with Gasteiger partial charge >= 0.3 is 0 Å². The molecule has 0 radical (unpaired) electrons. The molecule has 3 heterocycles. The van der Waals surface area contributed by atoms with Crippen molar-refractivity contribution < 1.29 is 18.3 Å². The summed E-state index contributed by atoms with van der Waals surface area (Å²) in [6.07, 6.45) is -1.23. The highest BCUT2D eigenvalue weighted by Crippen LogP contribution is 2.32. The van der Waals surface area contributed by atoms with Crippen LogP contribution >= 0.6 is 0 Å². The second-order valence-electron chi connectivity index (χ2n) is 7.70. The van der Waals surface area contributed by atoms with E-state index < -0.39 is 24.4 Å². The first-order chi connectivity index (χ1) is 15.1. The fourth-order valence-electron chi connectivity index (χ4n) is 3.27. The summed E-state index contributed by atoms with van der Waals surface area (Å²) in [5, 5.41) is 17.9. The third kappa shape index (κ3) is 4.33. The van der Waals surface area contributed by atoms with E-state index in [0.29, 0.717) is 16.9 Å². The first-order valence-electron chi connectivity index (χ1n) is 9.71. The van der Waals surface area contributed by atoms with Crippen molar-refractivity contribution in [3.8, 4) is 11.8 Å². The average Bonchev–Trinajstić information content (AvgIpc) is 3.10. The molecule has 4 aromatic rings. The Morgan fingerprint density at radius 2 is 2.00 bits per heavy atom. The lowest BCUT2D eigenvalue weighted by atomic mass is 10.1. The van der Waals surface area contributed by atoms with Gasteiger partial charge in [0.2, 0.25) is 0 Å². The molecule has 7 nitrogen and oxygen atoms in total. The van der Waals surface area contributed by atoms with Crippen molar-refractivity contribution in [3.05, 3.63) is 53.7 Å². The molecule has 0 saturated heterocycles. The minimum Gasteiger partial charge on any atom is -0.378 e. The van der Waals surface area contributed by atoms with Crippen LogP contribution in [0.4, 0.5) is 24.7 Å². The summed E-state index contributed by atoms with van der Waals surface area (Å²) in [7, 11) is 0. The van der Waals surface area contributed by atoms with Gasteiger partial charge in [0.15, 0.2) is 5.82 Å². The molecule has 0 bridgehead atoms. The number of aromatic nitrogens is 5. The molecular weight excluding hydrogens is 421 g/mol. The van der Waals surface area contributed by atoms with Crippen molar-refractivity contribution in [1.29, 1.82) is 0 Å². The van der Waals surface area contributed by atoms with Crippen molar-refractivity contribution in [2.24, 2.45) is 0 Å². The first kappa shape index (κ1) is 21.5. The van der Waals surface area contributed by atoms with Crippen LogP contribution in [0.1, 0.15) is 25.2 Å². The van der Waals surface area contributed by atoms with Crippen LogP contribution in [-0.2, 0) is 0 Å². The molecule has 0 aliphatic carbocycles. The van der Waals surface area contributed by atoms with E-state index in [9.17, 15) is 18.3 Å². The number of nitrogens with zero attached hydrogens (tertiary/aromatic N) is 6. The summed E-state index contributed by atoms with van der Waals surface area (Å²) in [5.74, 6) is 5.46. The van der Waals surface area contributed by atoms with Crippen LogP contribution in [0.2, 0.25) is 0 Å². The number of fused-ring (bicyclic) bond motifs is 3. The predicted molar refractivity (Wildman–Crippen MR) is 113 cm³/mol. The van der Waals surface area contributed by atoms with E-state index in [4.69, 9.17) is 0 Å². The van der Waals surface area contributed by atoms with E-state index in [1.54, 1.807) is 23.5 Å². The molecule has 32 heavy (non-hydrogen) atoms. The fraction of sp³-hybridized carbons (Fsp3) is 0.273. The van der Waals surface area contributed by atoms with E-state index >= 15 is 0 Å². The lowest BCUT2D eigenvalue weighted by Crippen LogP contribution is -2.26. The van der Waals surface area contributed by atoms with E-state index in [1.807, 2.05) is 0 Å². The van der Waals surface area contributed by atoms with E-state index in [0.717, 1.165) is 12.1 Å². The second-order valence-corrected chi connectivity index (χ2v) is 7.70. The highest BCUT2D eigenvalue weighted by atomic mass is 19.3. The standard InChI is InChI=1S/C22H19F3N6O/c1-13-28-29-21-27-20(19-17(31(13)21)5-4-8-26-19)30(12-18(24)25)16-10-14(9-15(23)11-16)6-7-22(2,3)32/h4-5,8-11,18,32H,12H2,1-3H3. The lowest BCUT2D eigenvalue weighted by Gasteiger charge is -2.25. The van der Waals surface area contributed by atoms with Crippen LogP contribution < -0.4 is 4.90 Å². The number of benzene rings is 1. The molecule has 0 unspecified atom stereocenters. The molecule has 0 aliphatic heterocycles. The van der Waals surface area contributed by atoms with Crippen molar-refractivity contribution >= 4 is 28.3 Å². The molecular formula is C22H19F3N6O. The van der Waals surface area contributed by atoms with Gasteiger partial charge in [0.1, 0.15) is 22.8 Å². The van der Waals surface area contributed by atoms with Crippen LogP contribution in [0.3, 0.4) is 0 Å². The van der Waals surface area contributed by atoms with E-state index in [-0.39, 0.29) is 22.8 Å². The summed E-state index contributed by atoms with van der Waals surface area (Å²) in [4.78, 5) is 9.94. The van der Waals surface area contributed by atoms with Gasteiger partial charge in [0.25, 0.3) is 12.2 Å². The van der Waals surface area contributed by atoms with Gasteiger partial charge in [-0.15, -0.1) is 10.2 Å². The van der Waals surface area contributed by atoms with Gasteiger partial charge in [-0.3, -0.25) is 9.38 Å². The average molecular weight is 440 g/mol. The quantitative estimate of drug-likeness (QED) is 0.488. The molecule has 0 amide bonds. The van der Waals surface area contributed by atoms with Gasteiger partial charge in [-0.05, 0) is 51.1 Å². The third-order valence-corrected chi connectivity index (χ3v) is 4.54. The topological polar surface area (TPSA) is 79.4 Å². The molecule has 0 fully saturated rings. The molecule has 3 aromatic heterocycles. The largest absolute Gasteiger partial charge is 0.378 e. The normalized spacial score (nSPS) is 11.8. The minimum absolute atomic E-state index is 0.0906. The summed E-state index contributed by atoms with van der Waals surface area (Å²) in [6.45, 7) is 3.95. The zero-order valence-corrected chi connectivity index (χ0v) is 17.5. The number of aryl methyl sites for hydroxylation is 1. The van der Waals surface area contributed by atoms with Gasteiger partial charge in [0.05, 0.1) is 12.1 Å². The molecule has 0 spiro atoms. The smallest absolute Gasteiger partial charge is 0.257 e. The second kappa shape index (κ2) is 8.09. The van der Waals surface area contributed by atoms with Crippen molar-refractivity contribution in [2.45, 2.75) is 32.8 Å². The van der Waals surface area contributed by atoms with Crippen LogP contribution in [0.25, 0.3) is 16.8 Å². The Morgan fingerprint density at radius 3 is 2.72 bits per heavy atom. The number of halogens is 3. The summed E-state index contributed by atoms with van der Waals surface area (Å²) < 4.78 is 43.3. The minimum atomic E-state index is -2.75. The maximum Gasteiger partial charge on any atom is 0.257 e. The number of alkyl halides is 2. The van der Waals surface area contributed by atoms with Crippen LogP contribution in [0.15, 0.2) is 36.5 Å². The van der Waals surface area contributed by atoms with Gasteiger partial charge < -0.3 is 10.0 Å². The summed E-state index contributed by atoms with van der Waals surface area (Å²) in [6, 6.07) is 7.20. The number of pyridine rings is 1. The molecule has 0 aliphatic rings. The Bertz CT molecular complexity index is 1370. The molecule has 0 saturated carbocycles. The maximum atomic E-state index is 14.4. The highest BCUT2D eigenvalue weighted by Gasteiger charge is 2.23. The van der Waals surface area contributed by atoms with Gasteiger partial charge in [-0.1, -0.05) is 11.8 Å². The van der Waals surface area contributed by atoms with E-state index in [1.165, 1.54) is 31.0 Å². The van der Waals surface area contributed by atoms with Gasteiger partial charge in [0, 0.05) is 17.4 Å². The molecule has 1 N–H and O–H groups in total. The Labute approximate surface area is 181 Å². The zero-order chi connectivity index (χ0) is 23.0. The summed E-state index contributed by atoms with van der Waals surface area (Å²) in [5.41, 5.74) is -0.0546. The molecule has 164 valence electrons. The monoisotopic (exact) mass is 440 g/mol. The van der Waals surface area contributed by atoms with Crippen LogP contribution in [0, 0.1) is 24.6 Å². The lowest BCUT2D eigenvalue weighted by molar-refractivity contribution is 0.143. The first-order valence-corrected chi connectivity index (χ1v) is 9.71. The predicted octanol–water partition coefficient (Wildman–Crippen LogP) is 3.65. The molecule has 4 rings (SSSR count). The Morgan fingerprint density at radius 1 is 1.22 bits per heavy atom. The van der Waals surface area contributed by atoms with Gasteiger partial charge in [-0.2, -0.15) is 4.98 Å². The van der Waals surface area contributed by atoms with Gasteiger partial charge in [-0.25, -0.2) is 13.2 Å². The number of aliphatic hydroxyl groups is 1. The Hall–Kier alpha value is -3.71.